The summed E-state index contributed by atoms with van der Waals surface area (Å²) in [5.74, 6) is -0.180. The number of nitrogens with zero attached hydrogens (tertiary/aromatic N) is 2. The Hall–Kier alpha value is -2.70. The molecular formula is C17H18FN3O3. The van der Waals surface area contributed by atoms with Gasteiger partial charge in [0.1, 0.15) is 11.6 Å². The van der Waals surface area contributed by atoms with Crippen LogP contribution >= 0.6 is 0 Å². The van der Waals surface area contributed by atoms with E-state index >= 15 is 0 Å². The van der Waals surface area contributed by atoms with Crippen molar-refractivity contribution in [3.63, 3.8) is 0 Å². The Bertz CT molecular complexity index is 757. The van der Waals surface area contributed by atoms with E-state index in [0.717, 1.165) is 5.56 Å². The van der Waals surface area contributed by atoms with Crippen molar-refractivity contribution < 1.29 is 18.4 Å². The average Bonchev–Trinajstić information content (AvgIpc) is 3.10. The van der Waals surface area contributed by atoms with Gasteiger partial charge in [-0.05, 0) is 24.6 Å². The topological polar surface area (TPSA) is 75.4 Å². The van der Waals surface area contributed by atoms with Crippen LogP contribution in [0.4, 0.5) is 4.39 Å². The molecule has 24 heavy (non-hydrogen) atoms. The number of benzene rings is 1. The van der Waals surface area contributed by atoms with Crippen molar-refractivity contribution in [1.29, 1.82) is 0 Å². The van der Waals surface area contributed by atoms with Crippen LogP contribution < -0.4 is 5.32 Å². The number of carbonyl (C=O) groups excluding carboxylic acids is 2. The highest BCUT2D eigenvalue weighted by Crippen LogP contribution is 2.37. The first-order chi connectivity index (χ1) is 11.5. The molecule has 3 rings (SSSR count). The number of aryl methyl sites for hydroxylation is 1. The van der Waals surface area contributed by atoms with Gasteiger partial charge in [0.05, 0.1) is 24.7 Å². The molecule has 2 atom stereocenters. The van der Waals surface area contributed by atoms with Gasteiger partial charge in [0.25, 0.3) is 0 Å². The van der Waals surface area contributed by atoms with Crippen LogP contribution in [-0.2, 0) is 16.1 Å². The lowest BCUT2D eigenvalue weighted by Crippen LogP contribution is -2.34. The number of carbonyl (C=O) groups is 2. The molecule has 2 aromatic rings. The summed E-state index contributed by atoms with van der Waals surface area (Å²) < 4.78 is 18.5. The largest absolute Gasteiger partial charge is 0.444 e. The van der Waals surface area contributed by atoms with E-state index in [9.17, 15) is 14.0 Å². The minimum atomic E-state index is -0.538. The minimum Gasteiger partial charge on any atom is -0.444 e. The lowest BCUT2D eigenvalue weighted by atomic mass is 9.93. The first kappa shape index (κ1) is 16.2. The molecule has 2 amide bonds. The molecule has 2 heterocycles. The highest BCUT2D eigenvalue weighted by atomic mass is 19.1. The van der Waals surface area contributed by atoms with E-state index in [1.807, 2.05) is 0 Å². The zero-order chi connectivity index (χ0) is 17.3. The van der Waals surface area contributed by atoms with Gasteiger partial charge in [-0.25, -0.2) is 9.37 Å². The van der Waals surface area contributed by atoms with Crippen molar-refractivity contribution in [3.05, 3.63) is 53.5 Å². The maximum atomic E-state index is 13.1. The molecule has 1 aromatic heterocycles. The van der Waals surface area contributed by atoms with Crippen molar-refractivity contribution in [2.45, 2.75) is 25.9 Å². The van der Waals surface area contributed by atoms with Gasteiger partial charge in [0.2, 0.25) is 17.7 Å². The molecule has 1 aliphatic heterocycles. The third-order valence-electron chi connectivity index (χ3n) is 4.22. The Balaban J connectivity index is 1.75. The Morgan fingerprint density at radius 1 is 1.42 bits per heavy atom. The van der Waals surface area contributed by atoms with Gasteiger partial charge in [-0.2, -0.15) is 0 Å². The lowest BCUT2D eigenvalue weighted by Gasteiger charge is -2.24. The third-order valence-corrected chi connectivity index (χ3v) is 4.22. The molecule has 0 saturated carbocycles. The lowest BCUT2D eigenvalue weighted by molar-refractivity contribution is -0.128. The predicted octanol–water partition coefficient (Wildman–Crippen LogP) is 1.96. The highest BCUT2D eigenvalue weighted by molar-refractivity contribution is 5.90. The molecule has 1 aromatic carbocycles. The van der Waals surface area contributed by atoms with Gasteiger partial charge < -0.3 is 14.6 Å². The predicted molar refractivity (Wildman–Crippen MR) is 83.1 cm³/mol. The van der Waals surface area contributed by atoms with E-state index in [4.69, 9.17) is 4.42 Å². The molecule has 1 fully saturated rings. The molecule has 6 nitrogen and oxygen atoms in total. The van der Waals surface area contributed by atoms with E-state index in [1.54, 1.807) is 32.3 Å². The fourth-order valence-corrected chi connectivity index (χ4v) is 3.00. The smallest absolute Gasteiger partial charge is 0.226 e. The van der Waals surface area contributed by atoms with Crippen LogP contribution in [-0.4, -0.2) is 28.7 Å². The molecule has 0 radical (unpaired) electrons. The zero-order valence-corrected chi connectivity index (χ0v) is 13.5. The molecule has 126 valence electrons. The first-order valence-electron chi connectivity index (χ1n) is 7.66. The fourth-order valence-electron chi connectivity index (χ4n) is 3.00. The number of nitrogens with one attached hydrogen (secondary N) is 1. The van der Waals surface area contributed by atoms with Crippen molar-refractivity contribution in [3.8, 4) is 0 Å². The van der Waals surface area contributed by atoms with Crippen LogP contribution in [0.5, 0.6) is 0 Å². The Labute approximate surface area is 138 Å². The zero-order valence-electron chi connectivity index (χ0n) is 13.5. The van der Waals surface area contributed by atoms with Crippen molar-refractivity contribution in [2.75, 3.05) is 7.05 Å². The summed E-state index contributed by atoms with van der Waals surface area (Å²) >= 11 is 0. The molecule has 1 N–H and O–H groups in total. The maximum absolute atomic E-state index is 13.1. The standard InChI is InChI=1S/C17H18FN3O3/c1-10-8-19-14(24-10)9-20-17(23)13-7-15(22)21(2)16(13)11-3-5-12(18)6-4-11/h3-6,8,13,16H,7,9H2,1-2H3,(H,20,23)/t13-,16-/m1/s1. The molecule has 1 aliphatic rings. The Kier molecular flexibility index (Phi) is 4.33. The second-order valence-electron chi connectivity index (χ2n) is 5.89. The van der Waals surface area contributed by atoms with Crippen molar-refractivity contribution in [1.82, 2.24) is 15.2 Å². The van der Waals surface area contributed by atoms with E-state index in [-0.39, 0.29) is 30.6 Å². The molecule has 0 unspecified atom stereocenters. The number of oxazole rings is 1. The van der Waals surface area contributed by atoms with Gasteiger partial charge >= 0.3 is 0 Å². The summed E-state index contributed by atoms with van der Waals surface area (Å²) in [5.41, 5.74) is 0.733. The molecule has 1 saturated heterocycles. The van der Waals surface area contributed by atoms with Gasteiger partial charge in [-0.3, -0.25) is 9.59 Å². The second kappa shape index (κ2) is 6.43. The van der Waals surface area contributed by atoms with Crippen LogP contribution in [0, 0.1) is 18.7 Å². The van der Waals surface area contributed by atoms with Crippen molar-refractivity contribution >= 4 is 11.8 Å². The number of likely N-dealkylation sites (tertiary alicyclic amines) is 1. The van der Waals surface area contributed by atoms with Crippen LogP contribution in [0.1, 0.15) is 29.7 Å². The molecule has 0 bridgehead atoms. The monoisotopic (exact) mass is 331 g/mol. The SMILES string of the molecule is Cc1cnc(CNC(=O)[C@@H]2CC(=O)N(C)[C@@H]2c2ccc(F)cc2)o1. The van der Waals surface area contributed by atoms with Crippen LogP contribution in [0.15, 0.2) is 34.9 Å². The van der Waals surface area contributed by atoms with Crippen LogP contribution in [0.3, 0.4) is 0 Å². The number of amides is 2. The van der Waals surface area contributed by atoms with E-state index in [1.165, 1.54) is 17.0 Å². The summed E-state index contributed by atoms with van der Waals surface area (Å²) in [6.07, 6.45) is 1.70. The number of hydrogen-bond donors (Lipinski definition) is 1. The Morgan fingerprint density at radius 3 is 2.75 bits per heavy atom. The molecule has 7 heteroatoms. The second-order valence-corrected chi connectivity index (χ2v) is 5.89. The summed E-state index contributed by atoms with van der Waals surface area (Å²) in [6.45, 7) is 1.94. The molecular weight excluding hydrogens is 313 g/mol. The summed E-state index contributed by atoms with van der Waals surface area (Å²) in [4.78, 5) is 30.2. The van der Waals surface area contributed by atoms with E-state index in [0.29, 0.717) is 11.7 Å². The normalized spacial score (nSPS) is 20.5. The van der Waals surface area contributed by atoms with Gasteiger partial charge in [-0.1, -0.05) is 12.1 Å². The molecule has 0 spiro atoms. The minimum absolute atomic E-state index is 0.114. The number of aromatic nitrogens is 1. The maximum Gasteiger partial charge on any atom is 0.226 e. The van der Waals surface area contributed by atoms with E-state index in [2.05, 4.69) is 10.3 Å². The first-order valence-corrected chi connectivity index (χ1v) is 7.66. The van der Waals surface area contributed by atoms with Gasteiger partial charge in [-0.15, -0.1) is 0 Å². The average molecular weight is 331 g/mol. The number of halogens is 1. The summed E-state index contributed by atoms with van der Waals surface area (Å²) in [7, 11) is 1.65. The fraction of sp³-hybridized carbons (Fsp3) is 0.353. The Morgan fingerprint density at radius 2 is 2.12 bits per heavy atom. The number of hydrogen-bond acceptors (Lipinski definition) is 4. The molecule has 0 aliphatic carbocycles. The van der Waals surface area contributed by atoms with Gasteiger partial charge in [0.15, 0.2) is 0 Å². The van der Waals surface area contributed by atoms with Crippen LogP contribution in [0.25, 0.3) is 0 Å². The van der Waals surface area contributed by atoms with E-state index < -0.39 is 12.0 Å². The quantitative estimate of drug-likeness (QED) is 0.929. The number of rotatable bonds is 4. The van der Waals surface area contributed by atoms with Crippen LogP contribution in [0.2, 0.25) is 0 Å². The third kappa shape index (κ3) is 3.15. The summed E-state index contributed by atoms with van der Waals surface area (Å²) in [6, 6.07) is 5.46. The van der Waals surface area contributed by atoms with Crippen molar-refractivity contribution in [2.24, 2.45) is 5.92 Å². The highest BCUT2D eigenvalue weighted by Gasteiger charge is 2.42. The van der Waals surface area contributed by atoms with Gasteiger partial charge in [0, 0.05) is 13.5 Å². The summed E-state index contributed by atoms with van der Waals surface area (Å²) in [5, 5.41) is 2.76.